The number of guanidine groups is 4. The van der Waals surface area contributed by atoms with Gasteiger partial charge in [-0.3, -0.25) is 20.0 Å². The number of hydrogen-bond donors (Lipinski definition) is 0. The summed E-state index contributed by atoms with van der Waals surface area (Å²) in [4.78, 5) is 26.6. The lowest BCUT2D eigenvalue weighted by Crippen LogP contribution is -2.74. The normalized spacial score (nSPS) is 13.4. The fourth-order valence-electron chi connectivity index (χ4n) is 8.35. The maximum Gasteiger partial charge on any atom is 0.415 e. The molecule has 0 aliphatic carbocycles. The van der Waals surface area contributed by atoms with Crippen molar-refractivity contribution < 1.29 is 0 Å². The number of benzene rings is 4. The Bertz CT molecular complexity index is 1660. The summed E-state index contributed by atoms with van der Waals surface area (Å²) in [5.74, 6) is 3.25. The van der Waals surface area contributed by atoms with Crippen molar-refractivity contribution in [2.75, 3.05) is 113 Å². The van der Waals surface area contributed by atoms with Gasteiger partial charge in [0, 0.05) is 84.6 Å². The highest BCUT2D eigenvalue weighted by molar-refractivity contribution is 7.69. The van der Waals surface area contributed by atoms with Crippen molar-refractivity contribution in [1.29, 1.82) is 0 Å². The Balaban J connectivity index is 0.000000319. The van der Waals surface area contributed by atoms with Crippen LogP contribution in [-0.2, 0) is 0 Å². The molecule has 12 nitrogen and oxygen atoms in total. The van der Waals surface area contributed by atoms with Crippen molar-refractivity contribution in [3.05, 3.63) is 121 Å². The molecular weight excluding hydrogens is 738 g/mol. The smallest absolute Gasteiger partial charge is 0.346 e. The minimum absolute atomic E-state index is 0.812. The van der Waals surface area contributed by atoms with E-state index in [4.69, 9.17) is 0 Å². The minimum Gasteiger partial charge on any atom is -0.346 e. The zero-order valence-electron chi connectivity index (χ0n) is 37.9. The van der Waals surface area contributed by atoms with Crippen LogP contribution in [0.15, 0.2) is 141 Å². The third-order valence-corrected chi connectivity index (χ3v) is 14.3. The lowest BCUT2D eigenvalue weighted by Gasteiger charge is -2.50. The molecule has 4 rings (SSSR count). The average molecular weight is 807 g/mol. The van der Waals surface area contributed by atoms with Gasteiger partial charge in [-0.15, -0.1) is 0 Å². The predicted octanol–water partition coefficient (Wildman–Crippen LogP) is 3.64. The SMILES string of the molecule is CN=C(N(C)C)N(C)[P+](N(C)C(=NC)N(C)C)(N(C)C(=NC)N(C)C)N(C)C(=NC)N(C)C.c1ccc([B-](c2ccccc2)(c2ccccc2)c2ccccc2)cc1. The quantitative estimate of drug-likeness (QED) is 0.116. The summed E-state index contributed by atoms with van der Waals surface area (Å²) in [5.41, 5.74) is 5.36. The molecule has 0 atom stereocenters. The van der Waals surface area contributed by atoms with Gasteiger partial charge in [-0.2, -0.15) is 40.5 Å². The summed E-state index contributed by atoms with van der Waals surface area (Å²) in [6.07, 6.45) is -1.22. The molecule has 0 radical (unpaired) electrons. The molecule has 14 heteroatoms. The summed E-state index contributed by atoms with van der Waals surface area (Å²) < 4.78 is 8.85. The highest BCUT2D eigenvalue weighted by atomic mass is 31.2. The predicted molar refractivity (Wildman–Crippen MR) is 256 cm³/mol. The van der Waals surface area contributed by atoms with Crippen LogP contribution in [0.2, 0.25) is 0 Å². The Hall–Kier alpha value is -5.55. The molecule has 58 heavy (non-hydrogen) atoms. The molecule has 4 aromatic rings. The van der Waals surface area contributed by atoms with Gasteiger partial charge < -0.3 is 19.6 Å². The third kappa shape index (κ3) is 9.42. The molecule has 0 fully saturated rings. The monoisotopic (exact) mass is 807 g/mol. The van der Waals surface area contributed by atoms with E-state index < -0.39 is 14.0 Å². The van der Waals surface area contributed by atoms with Crippen LogP contribution >= 0.6 is 7.87 Å². The van der Waals surface area contributed by atoms with Gasteiger partial charge in [0.15, 0.2) is 0 Å². The maximum atomic E-state index is 4.65. The Morgan fingerprint density at radius 3 is 0.638 bits per heavy atom. The summed E-state index contributed by atoms with van der Waals surface area (Å²) in [6.45, 7) is 0. The van der Waals surface area contributed by atoms with Crippen LogP contribution < -0.4 is 21.9 Å². The molecule has 312 valence electrons. The van der Waals surface area contributed by atoms with E-state index in [1.54, 1.807) is 0 Å². The van der Waals surface area contributed by atoms with Gasteiger partial charge in [-0.25, -0.2) is 0 Å². The molecule has 0 aliphatic heterocycles. The molecule has 0 amide bonds. The van der Waals surface area contributed by atoms with Crippen molar-refractivity contribution in [2.24, 2.45) is 20.0 Å². The minimum atomic E-state index is -2.72. The highest BCUT2D eigenvalue weighted by Crippen LogP contribution is 2.68. The largest absolute Gasteiger partial charge is 0.415 e. The van der Waals surface area contributed by atoms with E-state index in [9.17, 15) is 0 Å². The van der Waals surface area contributed by atoms with E-state index in [2.05, 4.69) is 188 Å². The summed E-state index contributed by atoms with van der Waals surface area (Å²) in [7, 11) is 28.7. The molecule has 0 aromatic heterocycles. The molecule has 0 unspecified atom stereocenters. The lowest BCUT2D eigenvalue weighted by molar-refractivity contribution is 0.409. The number of nitrogens with zero attached hydrogens (tertiary/aromatic N) is 12. The average Bonchev–Trinajstić information content (AvgIpc) is 3.21. The zero-order chi connectivity index (χ0) is 43.2. The van der Waals surface area contributed by atoms with Crippen molar-refractivity contribution in [3.8, 4) is 0 Å². The van der Waals surface area contributed by atoms with E-state index in [-0.39, 0.29) is 0 Å². The van der Waals surface area contributed by atoms with E-state index in [0.717, 1.165) is 23.8 Å². The standard InChI is InChI=1S/C24H20B.C20H48N12P/c1-5-13-21(14-6-1)25(22-15-7-2-8-16-22,23-17-9-3-10-18-23)24-19-11-4-12-20-24;1-21-17(25(5)6)29(13)33(30(14)18(22-2)26(7)8,31(15)19(23-3)27(9)10)32(16)20(24-4)28(11)12/h1-20H;1-16H3/q-1;+1. The summed E-state index contributed by atoms with van der Waals surface area (Å²) >= 11 is 0. The first-order chi connectivity index (χ1) is 27.6. The fraction of sp³-hybridized carbons (Fsp3) is 0.364. The molecule has 4 aromatic carbocycles. The van der Waals surface area contributed by atoms with Crippen molar-refractivity contribution >= 4 is 59.7 Å². The summed E-state index contributed by atoms with van der Waals surface area (Å²) in [6, 6.07) is 43.5. The molecular formula is C44H68BN12P. The number of aliphatic imine (C=N–C) groups is 4. The second-order valence-electron chi connectivity index (χ2n) is 14.8. The van der Waals surface area contributed by atoms with E-state index >= 15 is 0 Å². The first-order valence-electron chi connectivity index (χ1n) is 19.4. The molecule has 0 bridgehead atoms. The fourth-order valence-corrected chi connectivity index (χ4v) is 12.8. The molecule has 0 aliphatic rings. The van der Waals surface area contributed by atoms with Crippen molar-refractivity contribution in [3.63, 3.8) is 0 Å². The van der Waals surface area contributed by atoms with Crippen LogP contribution in [0, 0.1) is 0 Å². The van der Waals surface area contributed by atoms with E-state index in [1.165, 1.54) is 21.9 Å². The topological polar surface area (TPSA) is 75.4 Å². The number of hydrogen-bond acceptors (Lipinski definition) is 4. The van der Waals surface area contributed by atoms with Gasteiger partial charge in [0.1, 0.15) is 6.15 Å². The van der Waals surface area contributed by atoms with Crippen LogP contribution in [0.1, 0.15) is 0 Å². The van der Waals surface area contributed by atoms with Gasteiger partial charge in [-0.1, -0.05) is 121 Å². The molecule has 0 saturated carbocycles. The van der Waals surface area contributed by atoms with Crippen LogP contribution in [-0.4, -0.2) is 181 Å². The Labute approximate surface area is 351 Å². The van der Waals surface area contributed by atoms with Crippen LogP contribution in [0.25, 0.3) is 0 Å². The third-order valence-electron chi connectivity index (χ3n) is 10.4. The van der Waals surface area contributed by atoms with Gasteiger partial charge in [0.25, 0.3) is 0 Å². The van der Waals surface area contributed by atoms with Gasteiger partial charge >= 0.3 is 7.87 Å². The summed E-state index contributed by atoms with van der Waals surface area (Å²) in [5, 5.41) is 0. The second-order valence-corrected chi connectivity index (χ2v) is 18.3. The van der Waals surface area contributed by atoms with Gasteiger partial charge in [0.05, 0.1) is 28.2 Å². The number of rotatable bonds is 8. The Morgan fingerprint density at radius 1 is 0.328 bits per heavy atom. The zero-order valence-corrected chi connectivity index (χ0v) is 38.8. The van der Waals surface area contributed by atoms with Crippen LogP contribution in [0.4, 0.5) is 0 Å². The first kappa shape index (κ1) is 46.8. The lowest BCUT2D eigenvalue weighted by atomic mass is 9.13. The van der Waals surface area contributed by atoms with E-state index in [1.807, 2.05) is 104 Å². The molecule has 0 N–H and O–H groups in total. The van der Waals surface area contributed by atoms with E-state index in [0.29, 0.717) is 0 Å². The van der Waals surface area contributed by atoms with Gasteiger partial charge in [-0.05, 0) is 0 Å². The Morgan fingerprint density at radius 2 is 0.500 bits per heavy atom. The van der Waals surface area contributed by atoms with Crippen LogP contribution in [0.3, 0.4) is 0 Å². The van der Waals surface area contributed by atoms with Crippen molar-refractivity contribution in [2.45, 2.75) is 0 Å². The Kier molecular flexibility index (Phi) is 17.2. The van der Waals surface area contributed by atoms with Crippen molar-refractivity contribution in [1.82, 2.24) is 38.3 Å². The molecule has 0 heterocycles. The molecule has 0 saturated heterocycles. The maximum absolute atomic E-state index is 4.65. The first-order valence-corrected chi connectivity index (χ1v) is 21.0. The highest BCUT2D eigenvalue weighted by Gasteiger charge is 2.64. The van der Waals surface area contributed by atoms with Crippen LogP contribution in [0.5, 0.6) is 0 Å². The second kappa shape index (κ2) is 21.3. The van der Waals surface area contributed by atoms with Gasteiger partial charge in [0.2, 0.25) is 23.8 Å². The molecule has 0 spiro atoms.